The minimum absolute atomic E-state index is 0.0329. The van der Waals surface area contributed by atoms with Gasteiger partial charge in [-0.05, 0) is 37.1 Å². The molecule has 1 amide bonds. The first-order valence-corrected chi connectivity index (χ1v) is 7.01. The van der Waals surface area contributed by atoms with E-state index >= 15 is 0 Å². The van der Waals surface area contributed by atoms with Crippen LogP contribution in [0.25, 0.3) is 0 Å². The van der Waals surface area contributed by atoms with Crippen LogP contribution in [0.3, 0.4) is 0 Å². The fraction of sp³-hybridized carbons (Fsp3) is 0.200. The number of hydrogen-bond acceptors (Lipinski definition) is 5. The molecule has 8 heteroatoms. The molecule has 0 radical (unpaired) electrons. The van der Waals surface area contributed by atoms with Crippen molar-refractivity contribution in [2.75, 3.05) is 10.6 Å². The number of rotatable bonds is 5. The quantitative estimate of drug-likeness (QED) is 0.652. The van der Waals surface area contributed by atoms with E-state index in [4.69, 9.17) is 0 Å². The zero-order chi connectivity index (χ0) is 16.4. The summed E-state index contributed by atoms with van der Waals surface area (Å²) in [5, 5.41) is 16.3. The van der Waals surface area contributed by atoms with Crippen molar-refractivity contribution >= 4 is 28.8 Å². The molecule has 2 N–H and O–H groups in total. The van der Waals surface area contributed by atoms with Crippen LogP contribution >= 0.6 is 0 Å². The van der Waals surface area contributed by atoms with Gasteiger partial charge in [-0.25, -0.2) is 9.37 Å². The lowest BCUT2D eigenvalue weighted by Crippen LogP contribution is -2.14. The van der Waals surface area contributed by atoms with Gasteiger partial charge in [0.25, 0.3) is 0 Å². The lowest BCUT2D eigenvalue weighted by atomic mass is 10.2. The summed E-state index contributed by atoms with van der Waals surface area (Å²) in [6, 6.07) is 6.75. The van der Waals surface area contributed by atoms with Crippen molar-refractivity contribution in [2.45, 2.75) is 12.8 Å². The third kappa shape index (κ3) is 3.42. The fourth-order valence-electron chi connectivity index (χ4n) is 2.06. The van der Waals surface area contributed by atoms with Crippen LogP contribution < -0.4 is 10.6 Å². The second-order valence-electron chi connectivity index (χ2n) is 5.21. The summed E-state index contributed by atoms with van der Waals surface area (Å²) < 4.78 is 13.8. The number of pyridine rings is 1. The van der Waals surface area contributed by atoms with E-state index in [0.717, 1.165) is 12.8 Å². The fourth-order valence-corrected chi connectivity index (χ4v) is 2.06. The van der Waals surface area contributed by atoms with Gasteiger partial charge in [0.15, 0.2) is 0 Å². The van der Waals surface area contributed by atoms with E-state index in [-0.39, 0.29) is 29.0 Å². The predicted molar refractivity (Wildman–Crippen MR) is 81.9 cm³/mol. The Balaban J connectivity index is 1.83. The molecular formula is C15H13FN4O3. The number of carbonyl (C=O) groups excluding carboxylic acids is 1. The molecule has 1 aliphatic rings. The van der Waals surface area contributed by atoms with Crippen molar-refractivity contribution in [2.24, 2.45) is 5.92 Å². The molecule has 3 rings (SSSR count). The van der Waals surface area contributed by atoms with Crippen LogP contribution in [-0.4, -0.2) is 15.8 Å². The molecule has 23 heavy (non-hydrogen) atoms. The molecule has 1 fully saturated rings. The minimum atomic E-state index is -0.569. The van der Waals surface area contributed by atoms with Crippen LogP contribution in [0.15, 0.2) is 36.5 Å². The Bertz CT molecular complexity index is 777. The van der Waals surface area contributed by atoms with Gasteiger partial charge in [-0.3, -0.25) is 14.9 Å². The SMILES string of the molecule is O=C(Nc1cc(Nc2ncccc2[N+](=O)[O-])ccc1F)C1CC1. The van der Waals surface area contributed by atoms with Gasteiger partial charge in [0, 0.05) is 23.9 Å². The second-order valence-corrected chi connectivity index (χ2v) is 5.21. The molecule has 0 atom stereocenters. The molecule has 1 aromatic carbocycles. The highest BCUT2D eigenvalue weighted by Gasteiger charge is 2.30. The van der Waals surface area contributed by atoms with Gasteiger partial charge >= 0.3 is 5.69 Å². The maximum absolute atomic E-state index is 13.8. The first kappa shape index (κ1) is 14.9. The van der Waals surface area contributed by atoms with Crippen molar-refractivity contribution < 1.29 is 14.1 Å². The molecule has 0 bridgehead atoms. The molecular weight excluding hydrogens is 303 g/mol. The first-order valence-electron chi connectivity index (χ1n) is 7.01. The highest BCUT2D eigenvalue weighted by molar-refractivity contribution is 5.94. The predicted octanol–water partition coefficient (Wildman–Crippen LogP) is 3.22. The van der Waals surface area contributed by atoms with Crippen molar-refractivity contribution in [3.63, 3.8) is 0 Å². The summed E-state index contributed by atoms with van der Waals surface area (Å²) >= 11 is 0. The van der Waals surface area contributed by atoms with E-state index < -0.39 is 10.7 Å². The summed E-state index contributed by atoms with van der Waals surface area (Å²) in [6.07, 6.45) is 3.03. The first-order chi connectivity index (χ1) is 11.0. The number of carbonyl (C=O) groups is 1. The van der Waals surface area contributed by atoms with Gasteiger partial charge in [0.05, 0.1) is 10.6 Å². The molecule has 1 saturated carbocycles. The van der Waals surface area contributed by atoms with Gasteiger partial charge in [0.2, 0.25) is 11.7 Å². The van der Waals surface area contributed by atoms with Gasteiger partial charge in [-0.1, -0.05) is 0 Å². The Morgan fingerprint density at radius 2 is 2.13 bits per heavy atom. The Morgan fingerprint density at radius 1 is 1.35 bits per heavy atom. The van der Waals surface area contributed by atoms with Crippen molar-refractivity contribution in [1.82, 2.24) is 4.98 Å². The summed E-state index contributed by atoms with van der Waals surface area (Å²) in [7, 11) is 0. The van der Waals surface area contributed by atoms with Crippen LogP contribution in [-0.2, 0) is 4.79 Å². The highest BCUT2D eigenvalue weighted by Crippen LogP contribution is 2.32. The zero-order valence-electron chi connectivity index (χ0n) is 12.0. The smallest absolute Gasteiger partial charge is 0.311 e. The van der Waals surface area contributed by atoms with E-state index in [2.05, 4.69) is 15.6 Å². The second kappa shape index (κ2) is 5.99. The molecule has 0 spiro atoms. The van der Waals surface area contributed by atoms with Gasteiger partial charge in [0.1, 0.15) is 5.82 Å². The van der Waals surface area contributed by atoms with Gasteiger partial charge in [-0.2, -0.15) is 0 Å². The van der Waals surface area contributed by atoms with Gasteiger partial charge in [-0.15, -0.1) is 0 Å². The Kier molecular flexibility index (Phi) is 3.88. The molecule has 1 aromatic heterocycles. The monoisotopic (exact) mass is 316 g/mol. The Labute approximate surface area is 130 Å². The zero-order valence-corrected chi connectivity index (χ0v) is 12.0. The molecule has 7 nitrogen and oxygen atoms in total. The number of nitro groups is 1. The number of hydrogen-bond donors (Lipinski definition) is 2. The van der Waals surface area contributed by atoms with E-state index in [9.17, 15) is 19.3 Å². The molecule has 0 saturated heterocycles. The average molecular weight is 316 g/mol. The Hall–Kier alpha value is -3.03. The molecule has 2 aromatic rings. The third-order valence-electron chi connectivity index (χ3n) is 3.42. The summed E-state index contributed by atoms with van der Waals surface area (Å²) in [5.74, 6) is -0.795. The molecule has 118 valence electrons. The third-order valence-corrected chi connectivity index (χ3v) is 3.42. The number of nitrogens with zero attached hydrogens (tertiary/aromatic N) is 2. The van der Waals surface area contributed by atoms with Crippen LogP contribution in [0.2, 0.25) is 0 Å². The Morgan fingerprint density at radius 3 is 2.83 bits per heavy atom. The number of amides is 1. The normalized spacial score (nSPS) is 13.4. The van der Waals surface area contributed by atoms with Crippen molar-refractivity contribution in [3.05, 3.63) is 52.5 Å². The van der Waals surface area contributed by atoms with Crippen molar-refractivity contribution in [3.8, 4) is 0 Å². The highest BCUT2D eigenvalue weighted by atomic mass is 19.1. The lowest BCUT2D eigenvalue weighted by molar-refractivity contribution is -0.384. The van der Waals surface area contributed by atoms with Crippen LogP contribution in [0.5, 0.6) is 0 Å². The summed E-state index contributed by atoms with van der Waals surface area (Å²) in [4.78, 5) is 26.1. The summed E-state index contributed by atoms with van der Waals surface area (Å²) in [6.45, 7) is 0. The molecule has 0 aliphatic heterocycles. The number of halogens is 1. The van der Waals surface area contributed by atoms with Gasteiger partial charge < -0.3 is 10.6 Å². The standard InChI is InChI=1S/C15H13FN4O3/c16-11-6-5-10(8-12(11)19-15(21)9-3-4-9)18-14-13(20(22)23)2-1-7-17-14/h1-2,5-9H,3-4H2,(H,17,18)(H,19,21). The van der Waals surface area contributed by atoms with Crippen LogP contribution in [0.4, 0.5) is 27.3 Å². The molecule has 1 aliphatic carbocycles. The number of aromatic nitrogens is 1. The van der Waals surface area contributed by atoms with E-state index in [0.29, 0.717) is 5.69 Å². The van der Waals surface area contributed by atoms with E-state index in [1.165, 1.54) is 36.5 Å². The summed E-state index contributed by atoms with van der Waals surface area (Å²) in [5.41, 5.74) is 0.227. The van der Waals surface area contributed by atoms with E-state index in [1.54, 1.807) is 0 Å². The maximum Gasteiger partial charge on any atom is 0.311 e. The van der Waals surface area contributed by atoms with E-state index in [1.807, 2.05) is 0 Å². The molecule has 1 heterocycles. The number of anilines is 3. The largest absolute Gasteiger partial charge is 0.334 e. The average Bonchev–Trinajstić information content (AvgIpc) is 3.36. The molecule has 0 unspecified atom stereocenters. The lowest BCUT2D eigenvalue weighted by Gasteiger charge is -2.10. The maximum atomic E-state index is 13.8. The topological polar surface area (TPSA) is 97.2 Å². The number of nitrogens with one attached hydrogen (secondary N) is 2. The minimum Gasteiger partial charge on any atom is -0.334 e. The van der Waals surface area contributed by atoms with Crippen LogP contribution in [0.1, 0.15) is 12.8 Å². The van der Waals surface area contributed by atoms with Crippen LogP contribution in [0, 0.1) is 21.8 Å². The van der Waals surface area contributed by atoms with Crippen molar-refractivity contribution in [1.29, 1.82) is 0 Å². The number of benzene rings is 1.